The van der Waals surface area contributed by atoms with Crippen molar-refractivity contribution in [1.29, 1.82) is 0 Å². The summed E-state index contributed by atoms with van der Waals surface area (Å²) in [6, 6.07) is 0. The number of carbonyl (C=O) groups excluding carboxylic acids is 3. The number of carbonyl (C=O) groups is 3. The van der Waals surface area contributed by atoms with Crippen LogP contribution < -0.4 is 0 Å². The first-order valence-electron chi connectivity index (χ1n) is 43.4. The molecule has 0 aliphatic heterocycles. The van der Waals surface area contributed by atoms with E-state index in [1.807, 2.05) is 0 Å². The zero-order valence-electron chi connectivity index (χ0n) is 69.6. The Morgan fingerprint density at radius 2 is 0.450 bits per heavy atom. The predicted octanol–water partition coefficient (Wildman–Crippen LogP) is 26.3. The van der Waals surface area contributed by atoms with E-state index < -0.39 is 91.5 Å². The molecule has 18 heteroatoms. The van der Waals surface area contributed by atoms with Crippen molar-refractivity contribution in [2.45, 2.75) is 360 Å². The molecule has 0 spiro atoms. The van der Waals surface area contributed by atoms with E-state index in [0.717, 1.165) is 193 Å². The molecule has 0 fully saturated rings. The highest BCUT2D eigenvalue weighted by atomic mass is 31.2. The Kier molecular flexibility index (Phi) is 80.4. The summed E-state index contributed by atoms with van der Waals surface area (Å²) in [6.45, 7) is 2.35. The maximum atomic E-state index is 13.0. The van der Waals surface area contributed by atoms with E-state index in [4.69, 9.17) is 32.3 Å². The minimum atomic E-state index is -4.94. The molecule has 0 saturated heterocycles. The van der Waals surface area contributed by atoms with Crippen molar-refractivity contribution in [3.8, 4) is 0 Å². The fourth-order valence-electron chi connectivity index (χ4n) is 11.4. The lowest BCUT2D eigenvalue weighted by Crippen LogP contribution is -2.30. The summed E-state index contributed by atoms with van der Waals surface area (Å²) in [6.07, 6.45) is 108. The first kappa shape index (κ1) is 106. The van der Waals surface area contributed by atoms with E-state index in [-0.39, 0.29) is 19.3 Å². The van der Waals surface area contributed by atoms with Crippen molar-refractivity contribution in [2.75, 3.05) is 39.6 Å². The molecule has 0 aliphatic carbocycles. The van der Waals surface area contributed by atoms with E-state index in [2.05, 4.69) is 191 Å². The SMILES string of the molecule is CC/C=C\C/C=C\C/C=C\C/C=C\C/C=C\C/C=C\CCCCCCCCCCCCCCCCC(=O)OCC(O)COP(=O)(O)OCC(O)COP(=O)(O)OCC(COC(=O)CCCCCCCCCCC/C=C\C/C=C\C/C=C\C/C=C\C/C=C\CC)OC(=O)CCCCCCCCC/C=C\C/C=C\C/C=C\CC. The molecule has 5 atom stereocenters. The van der Waals surface area contributed by atoms with Gasteiger partial charge in [-0.2, -0.15) is 0 Å². The molecule has 0 heterocycles. The Morgan fingerprint density at radius 1 is 0.252 bits per heavy atom. The number of phosphoric ester groups is 2. The summed E-state index contributed by atoms with van der Waals surface area (Å²) in [4.78, 5) is 58.9. The van der Waals surface area contributed by atoms with Gasteiger partial charge in [-0.3, -0.25) is 32.5 Å². The number of phosphoric acid groups is 2. The highest BCUT2D eigenvalue weighted by Gasteiger charge is 2.29. The van der Waals surface area contributed by atoms with E-state index in [1.54, 1.807) is 0 Å². The second kappa shape index (κ2) is 84.3. The molecule has 16 nitrogen and oxygen atoms in total. The van der Waals surface area contributed by atoms with Gasteiger partial charge >= 0.3 is 33.6 Å². The van der Waals surface area contributed by atoms with Crippen LogP contribution in [0.25, 0.3) is 0 Å². The largest absolute Gasteiger partial charge is 0.472 e. The number of unbranched alkanes of at least 4 members (excludes halogenated alkanes) is 30. The average Bonchev–Trinajstić information content (AvgIpc) is 0.901. The molecule has 0 aromatic carbocycles. The maximum Gasteiger partial charge on any atom is 0.472 e. The first-order chi connectivity index (χ1) is 54.2. The van der Waals surface area contributed by atoms with E-state index in [9.17, 15) is 43.5 Å². The van der Waals surface area contributed by atoms with Gasteiger partial charge in [0, 0.05) is 19.3 Å². The quantitative estimate of drug-likeness (QED) is 0.0146. The van der Waals surface area contributed by atoms with Crippen LogP contribution in [0.4, 0.5) is 0 Å². The van der Waals surface area contributed by atoms with Gasteiger partial charge in [-0.05, 0) is 148 Å². The van der Waals surface area contributed by atoms with Crippen LogP contribution in [-0.4, -0.2) is 95.9 Å². The number of allylic oxidation sites excluding steroid dienone is 28. The maximum absolute atomic E-state index is 13.0. The van der Waals surface area contributed by atoms with Gasteiger partial charge in [0.05, 0.1) is 26.4 Å². The van der Waals surface area contributed by atoms with Crippen LogP contribution in [0, 0.1) is 0 Å². The first-order valence-corrected chi connectivity index (χ1v) is 46.4. The van der Waals surface area contributed by atoms with Crippen molar-refractivity contribution in [3.05, 3.63) is 170 Å². The lowest BCUT2D eigenvalue weighted by Gasteiger charge is -2.21. The van der Waals surface area contributed by atoms with E-state index in [0.29, 0.717) is 19.3 Å². The number of hydrogen-bond acceptors (Lipinski definition) is 14. The monoisotopic (exact) mass is 1590 g/mol. The fraction of sp³-hybridized carbons (Fsp3) is 0.667. The number of esters is 3. The molecule has 0 radical (unpaired) electrons. The molecule has 0 rings (SSSR count). The number of hydrogen-bond donors (Lipinski definition) is 4. The standard InChI is InChI=1S/C93H156O16P2/c1-4-7-10-13-16-19-22-25-28-31-33-35-37-39-40-41-42-43-44-45-46-48-50-51-53-56-58-61-64-67-70-73-76-79-91(96)103-82-88(94)83-105-110(99,100)106-84-89(95)85-107-111(101,102)108-87-90(109-93(98)81-78-75-72-69-66-63-60-55-30-27-24-21-18-15-12-9-6-3)86-104-92(97)80-77-74-71-68-65-62-59-57-54-52-49-47-38-36-34-32-29-26-23-20-17-14-11-8-5-2/h7-12,16-21,25-30,33-36,39-40,42-43,47,49,88-90,94-95H,4-6,13-15,22-24,31-32,37-38,41,44-46,48,50-87H2,1-3H3,(H,99,100)(H,101,102)/b10-7-,11-8-,12-9-,19-16-,20-17-,21-18-,28-25-,29-26-,30-27-,35-33-,36-34-,40-39-,43-42-,49-47-. The van der Waals surface area contributed by atoms with Gasteiger partial charge in [0.1, 0.15) is 25.4 Å². The van der Waals surface area contributed by atoms with Gasteiger partial charge in [0.15, 0.2) is 6.10 Å². The van der Waals surface area contributed by atoms with Crippen LogP contribution in [-0.2, 0) is 55.8 Å². The van der Waals surface area contributed by atoms with Crippen LogP contribution in [0.3, 0.4) is 0 Å². The lowest BCUT2D eigenvalue weighted by atomic mass is 10.0. The highest BCUT2D eigenvalue weighted by molar-refractivity contribution is 7.47. The van der Waals surface area contributed by atoms with Crippen molar-refractivity contribution in [3.63, 3.8) is 0 Å². The third kappa shape index (κ3) is 85.6. The lowest BCUT2D eigenvalue weighted by molar-refractivity contribution is -0.161. The molecule has 0 amide bonds. The molecule has 111 heavy (non-hydrogen) atoms. The van der Waals surface area contributed by atoms with Crippen LogP contribution in [0.2, 0.25) is 0 Å². The summed E-state index contributed by atoms with van der Waals surface area (Å²) >= 11 is 0. The molecular weight excluding hydrogens is 1430 g/mol. The average molecular weight is 1590 g/mol. The minimum Gasteiger partial charge on any atom is -0.463 e. The Bertz CT molecular complexity index is 2700. The normalized spacial score (nSPS) is 14.7. The van der Waals surface area contributed by atoms with Crippen LogP contribution in [0.1, 0.15) is 342 Å². The van der Waals surface area contributed by atoms with Crippen LogP contribution >= 0.6 is 15.6 Å². The van der Waals surface area contributed by atoms with Gasteiger partial charge in [-0.25, -0.2) is 9.13 Å². The number of aliphatic hydroxyl groups is 2. The Labute approximate surface area is 675 Å². The van der Waals surface area contributed by atoms with E-state index >= 15 is 0 Å². The van der Waals surface area contributed by atoms with Gasteiger partial charge in [-0.1, -0.05) is 345 Å². The van der Waals surface area contributed by atoms with E-state index in [1.165, 1.54) is 89.9 Å². The summed E-state index contributed by atoms with van der Waals surface area (Å²) in [5.74, 6) is -1.59. The molecule has 0 aliphatic rings. The van der Waals surface area contributed by atoms with Crippen molar-refractivity contribution >= 4 is 33.6 Å². The summed E-state index contributed by atoms with van der Waals surface area (Å²) in [7, 11) is -9.81. The van der Waals surface area contributed by atoms with Crippen LogP contribution in [0.15, 0.2) is 170 Å². The zero-order valence-corrected chi connectivity index (χ0v) is 71.4. The highest BCUT2D eigenvalue weighted by Crippen LogP contribution is 2.45. The smallest absolute Gasteiger partial charge is 0.463 e. The number of ether oxygens (including phenoxy) is 3. The summed E-state index contributed by atoms with van der Waals surface area (Å²) in [5.41, 5.74) is 0. The molecule has 4 N–H and O–H groups in total. The molecule has 0 bridgehead atoms. The summed E-state index contributed by atoms with van der Waals surface area (Å²) < 4.78 is 61.3. The minimum absolute atomic E-state index is 0.0879. The van der Waals surface area contributed by atoms with Gasteiger partial charge in [0.25, 0.3) is 0 Å². The third-order valence-corrected chi connectivity index (χ3v) is 19.8. The van der Waals surface area contributed by atoms with Crippen molar-refractivity contribution in [1.82, 2.24) is 0 Å². The summed E-state index contributed by atoms with van der Waals surface area (Å²) in [5, 5.41) is 20.7. The topological polar surface area (TPSA) is 231 Å². The zero-order chi connectivity index (χ0) is 80.8. The molecule has 0 aromatic heterocycles. The fourth-order valence-corrected chi connectivity index (χ4v) is 13.0. The van der Waals surface area contributed by atoms with Gasteiger partial charge in [-0.15, -0.1) is 0 Å². The van der Waals surface area contributed by atoms with Crippen molar-refractivity contribution in [2.24, 2.45) is 0 Å². The second-order valence-electron chi connectivity index (χ2n) is 28.5. The Hall–Kier alpha value is -5.09. The number of aliphatic hydroxyl groups excluding tert-OH is 2. The van der Waals surface area contributed by atoms with Gasteiger partial charge < -0.3 is 34.2 Å². The molecule has 634 valence electrons. The second-order valence-corrected chi connectivity index (χ2v) is 31.5. The molecule has 0 saturated carbocycles. The Balaban J connectivity index is 4.52. The molecule has 0 aromatic rings. The predicted molar refractivity (Wildman–Crippen MR) is 463 cm³/mol. The van der Waals surface area contributed by atoms with Crippen LogP contribution in [0.5, 0.6) is 0 Å². The molecule has 5 unspecified atom stereocenters. The van der Waals surface area contributed by atoms with Crippen molar-refractivity contribution < 1.29 is 75.8 Å². The molecular formula is C93H156O16P2. The number of rotatable bonds is 81. The third-order valence-electron chi connectivity index (χ3n) is 17.9. The Morgan fingerprint density at radius 3 is 0.712 bits per heavy atom. The van der Waals surface area contributed by atoms with Gasteiger partial charge in [0.2, 0.25) is 0 Å².